The van der Waals surface area contributed by atoms with Crippen LogP contribution < -0.4 is 5.73 Å². The van der Waals surface area contributed by atoms with Crippen LogP contribution in [-0.2, 0) is 17.8 Å². The van der Waals surface area contributed by atoms with Gasteiger partial charge in [0.15, 0.2) is 0 Å². The summed E-state index contributed by atoms with van der Waals surface area (Å²) in [5, 5.41) is 0. The zero-order valence-electron chi connectivity index (χ0n) is 13.7. The van der Waals surface area contributed by atoms with Gasteiger partial charge in [0.25, 0.3) is 0 Å². The third kappa shape index (κ3) is 3.45. The number of rotatable bonds is 4. The number of carbonyl (C=O) groups excluding carboxylic acids is 1. The molecule has 0 bridgehead atoms. The van der Waals surface area contributed by atoms with Crippen molar-refractivity contribution in [2.75, 3.05) is 6.54 Å². The van der Waals surface area contributed by atoms with E-state index in [9.17, 15) is 4.79 Å². The van der Waals surface area contributed by atoms with E-state index < -0.39 is 6.04 Å². The number of amides is 1. The zero-order chi connectivity index (χ0) is 16.4. The standard InChI is InChI=1S/C18H23N3O2/c1-12(2)10-14(19)18(22)21-9-8-16-15(11-21)20-17(23-16)13-6-4-3-5-7-13/h3-7,12,14H,8-11,19H2,1-2H3/t14-/m1/s1. The number of nitrogens with zero attached hydrogens (tertiary/aromatic N) is 2. The number of hydrogen-bond acceptors (Lipinski definition) is 4. The zero-order valence-corrected chi connectivity index (χ0v) is 13.7. The highest BCUT2D eigenvalue weighted by molar-refractivity contribution is 5.81. The molecule has 0 fully saturated rings. The number of aromatic nitrogens is 1. The first-order valence-electron chi connectivity index (χ1n) is 8.13. The minimum absolute atomic E-state index is 0.00797. The Kier molecular flexibility index (Phi) is 4.48. The average Bonchev–Trinajstić information content (AvgIpc) is 2.97. The number of hydrogen-bond donors (Lipinski definition) is 1. The van der Waals surface area contributed by atoms with Gasteiger partial charge in [0.05, 0.1) is 12.6 Å². The summed E-state index contributed by atoms with van der Waals surface area (Å²) >= 11 is 0. The molecule has 2 aromatic rings. The van der Waals surface area contributed by atoms with Gasteiger partial charge >= 0.3 is 0 Å². The molecule has 0 saturated carbocycles. The van der Waals surface area contributed by atoms with Gasteiger partial charge in [-0.1, -0.05) is 32.0 Å². The van der Waals surface area contributed by atoms with E-state index in [1.807, 2.05) is 30.3 Å². The molecular weight excluding hydrogens is 290 g/mol. The van der Waals surface area contributed by atoms with Gasteiger partial charge in [0.2, 0.25) is 11.8 Å². The maximum Gasteiger partial charge on any atom is 0.239 e. The number of nitrogens with two attached hydrogens (primary N) is 1. The molecule has 1 aromatic carbocycles. The Balaban J connectivity index is 1.74. The predicted octanol–water partition coefficient (Wildman–Crippen LogP) is 2.60. The molecule has 0 radical (unpaired) electrons. The predicted molar refractivity (Wildman–Crippen MR) is 88.5 cm³/mol. The van der Waals surface area contributed by atoms with Gasteiger partial charge in [-0.25, -0.2) is 4.98 Å². The van der Waals surface area contributed by atoms with Crippen LogP contribution in [0.25, 0.3) is 11.5 Å². The summed E-state index contributed by atoms with van der Waals surface area (Å²) in [4.78, 5) is 18.8. The van der Waals surface area contributed by atoms with Gasteiger partial charge in [-0.15, -0.1) is 0 Å². The maximum absolute atomic E-state index is 12.5. The van der Waals surface area contributed by atoms with Crippen LogP contribution in [0.3, 0.4) is 0 Å². The summed E-state index contributed by atoms with van der Waals surface area (Å²) in [6, 6.07) is 9.39. The smallest absolute Gasteiger partial charge is 0.239 e. The molecule has 0 spiro atoms. The second-order valence-corrected chi connectivity index (χ2v) is 6.50. The van der Waals surface area contributed by atoms with E-state index in [1.54, 1.807) is 4.90 Å². The molecule has 2 N–H and O–H groups in total. The summed E-state index contributed by atoms with van der Waals surface area (Å²) in [5.41, 5.74) is 7.83. The molecule has 1 atom stereocenters. The third-order valence-corrected chi connectivity index (χ3v) is 4.10. The van der Waals surface area contributed by atoms with Crippen LogP contribution >= 0.6 is 0 Å². The molecule has 23 heavy (non-hydrogen) atoms. The quantitative estimate of drug-likeness (QED) is 0.941. The van der Waals surface area contributed by atoms with Crippen LogP contribution in [-0.4, -0.2) is 28.4 Å². The van der Waals surface area contributed by atoms with Crippen molar-refractivity contribution in [1.82, 2.24) is 9.88 Å². The molecule has 1 aliphatic rings. The third-order valence-electron chi connectivity index (χ3n) is 4.10. The highest BCUT2D eigenvalue weighted by Crippen LogP contribution is 2.26. The average molecular weight is 313 g/mol. The lowest BCUT2D eigenvalue weighted by Gasteiger charge is -2.28. The van der Waals surface area contributed by atoms with Crippen molar-refractivity contribution in [2.24, 2.45) is 11.7 Å². The fourth-order valence-corrected chi connectivity index (χ4v) is 2.93. The Labute approximate surface area is 136 Å². The van der Waals surface area contributed by atoms with Crippen molar-refractivity contribution in [3.8, 4) is 11.5 Å². The molecular formula is C18H23N3O2. The minimum atomic E-state index is -0.433. The van der Waals surface area contributed by atoms with E-state index in [0.29, 0.717) is 37.7 Å². The number of fused-ring (bicyclic) bond motifs is 1. The van der Waals surface area contributed by atoms with E-state index in [1.165, 1.54) is 0 Å². The largest absolute Gasteiger partial charge is 0.441 e. The fraction of sp³-hybridized carbons (Fsp3) is 0.444. The van der Waals surface area contributed by atoms with E-state index >= 15 is 0 Å². The highest BCUT2D eigenvalue weighted by atomic mass is 16.4. The van der Waals surface area contributed by atoms with Crippen molar-refractivity contribution in [1.29, 1.82) is 0 Å². The lowest BCUT2D eigenvalue weighted by molar-refractivity contribution is -0.134. The second kappa shape index (κ2) is 6.54. The van der Waals surface area contributed by atoms with Crippen molar-refractivity contribution in [3.63, 3.8) is 0 Å². The van der Waals surface area contributed by atoms with Crippen molar-refractivity contribution >= 4 is 5.91 Å². The van der Waals surface area contributed by atoms with Crippen LogP contribution in [0.2, 0.25) is 0 Å². The molecule has 0 unspecified atom stereocenters. The summed E-state index contributed by atoms with van der Waals surface area (Å²) < 4.78 is 5.86. The van der Waals surface area contributed by atoms with E-state index in [4.69, 9.17) is 10.2 Å². The monoisotopic (exact) mass is 313 g/mol. The van der Waals surface area contributed by atoms with Crippen LogP contribution in [0.15, 0.2) is 34.7 Å². The summed E-state index contributed by atoms with van der Waals surface area (Å²) in [6.45, 7) is 5.27. The molecule has 2 heterocycles. The molecule has 122 valence electrons. The van der Waals surface area contributed by atoms with Crippen LogP contribution in [0.4, 0.5) is 0 Å². The molecule has 1 aliphatic heterocycles. The summed E-state index contributed by atoms with van der Waals surface area (Å²) in [7, 11) is 0. The van der Waals surface area contributed by atoms with Crippen molar-refractivity contribution < 1.29 is 9.21 Å². The van der Waals surface area contributed by atoms with E-state index in [0.717, 1.165) is 17.0 Å². The van der Waals surface area contributed by atoms with Gasteiger partial charge in [-0.05, 0) is 24.5 Å². The number of benzene rings is 1. The van der Waals surface area contributed by atoms with Gasteiger partial charge < -0.3 is 15.1 Å². The molecule has 3 rings (SSSR count). The SMILES string of the molecule is CC(C)C[C@@H](N)C(=O)N1CCc2oc(-c3ccccc3)nc2C1. The first-order chi connectivity index (χ1) is 11.0. The van der Waals surface area contributed by atoms with Crippen LogP contribution in [0.5, 0.6) is 0 Å². The number of oxazole rings is 1. The van der Waals surface area contributed by atoms with Crippen molar-refractivity contribution in [3.05, 3.63) is 41.8 Å². The van der Waals surface area contributed by atoms with Gasteiger partial charge in [-0.2, -0.15) is 0 Å². The summed E-state index contributed by atoms with van der Waals surface area (Å²) in [5.74, 6) is 1.92. The topological polar surface area (TPSA) is 72.4 Å². The van der Waals surface area contributed by atoms with Gasteiger partial charge in [0, 0.05) is 18.5 Å². The maximum atomic E-state index is 12.5. The minimum Gasteiger partial charge on any atom is -0.441 e. The lowest BCUT2D eigenvalue weighted by atomic mass is 10.0. The molecule has 1 aromatic heterocycles. The summed E-state index contributed by atoms with van der Waals surface area (Å²) in [6.07, 6.45) is 1.39. The Morgan fingerprint density at radius 2 is 2.09 bits per heavy atom. The Hall–Kier alpha value is -2.14. The lowest BCUT2D eigenvalue weighted by Crippen LogP contribution is -2.46. The van der Waals surface area contributed by atoms with Crippen LogP contribution in [0, 0.1) is 5.92 Å². The molecule has 5 heteroatoms. The second-order valence-electron chi connectivity index (χ2n) is 6.50. The molecule has 1 amide bonds. The Morgan fingerprint density at radius 3 is 2.78 bits per heavy atom. The molecule has 5 nitrogen and oxygen atoms in total. The molecule has 0 saturated heterocycles. The van der Waals surface area contributed by atoms with Crippen LogP contribution in [0.1, 0.15) is 31.7 Å². The van der Waals surface area contributed by atoms with E-state index in [2.05, 4.69) is 18.8 Å². The Bertz CT molecular complexity index is 679. The van der Waals surface area contributed by atoms with Crippen molar-refractivity contribution in [2.45, 2.75) is 39.3 Å². The molecule has 0 aliphatic carbocycles. The normalized spacial score (nSPS) is 15.6. The Morgan fingerprint density at radius 1 is 1.35 bits per heavy atom. The van der Waals surface area contributed by atoms with E-state index in [-0.39, 0.29) is 5.91 Å². The van der Waals surface area contributed by atoms with Gasteiger partial charge in [0.1, 0.15) is 11.5 Å². The fourth-order valence-electron chi connectivity index (χ4n) is 2.93. The number of carbonyl (C=O) groups is 1. The first kappa shape index (κ1) is 15.7. The first-order valence-corrected chi connectivity index (χ1v) is 8.13. The van der Waals surface area contributed by atoms with Gasteiger partial charge in [-0.3, -0.25) is 4.79 Å². The highest BCUT2D eigenvalue weighted by Gasteiger charge is 2.28.